The smallest absolute Gasteiger partial charge is 0.299 e. The molecule has 0 spiro atoms. The molecule has 2 aromatic rings. The van der Waals surface area contributed by atoms with E-state index in [4.69, 9.17) is 0 Å². The van der Waals surface area contributed by atoms with Gasteiger partial charge in [-0.15, -0.1) is 0 Å². The molecule has 102 valence electrons. The number of para-hydroxylation sites is 1. The lowest BCUT2D eigenvalue weighted by Gasteiger charge is -2.17. The van der Waals surface area contributed by atoms with Gasteiger partial charge in [0.1, 0.15) is 5.82 Å². The van der Waals surface area contributed by atoms with E-state index in [1.54, 1.807) is 12.5 Å². The van der Waals surface area contributed by atoms with Crippen LogP contribution in [-0.4, -0.2) is 21.2 Å². The van der Waals surface area contributed by atoms with Crippen molar-refractivity contribution in [2.75, 3.05) is 4.90 Å². The van der Waals surface area contributed by atoms with E-state index in [0.717, 1.165) is 5.69 Å². The lowest BCUT2D eigenvalue weighted by atomic mass is 10.1. The van der Waals surface area contributed by atoms with Crippen LogP contribution >= 0.6 is 0 Å². The van der Waals surface area contributed by atoms with Crippen LogP contribution < -0.4 is 4.90 Å². The highest BCUT2D eigenvalue weighted by Gasteiger charge is 2.38. The predicted octanol–water partition coefficient (Wildman–Crippen LogP) is 1.77. The highest BCUT2D eigenvalue weighted by molar-refractivity contribution is 6.52. The summed E-state index contributed by atoms with van der Waals surface area (Å²) in [7, 11) is 0. The van der Waals surface area contributed by atoms with Crippen LogP contribution in [0.4, 0.5) is 10.1 Å². The molecule has 1 aromatic carbocycles. The molecule has 0 atom stereocenters. The molecule has 0 radical (unpaired) electrons. The summed E-state index contributed by atoms with van der Waals surface area (Å²) in [4.78, 5) is 29.1. The second kappa shape index (κ2) is 4.56. The third kappa shape index (κ3) is 1.72. The minimum Gasteiger partial charge on any atom is -0.333 e. The number of hydrogen-bond donors (Lipinski definition) is 0. The Kier molecular flexibility index (Phi) is 2.85. The lowest BCUT2D eigenvalue weighted by molar-refractivity contribution is -0.114. The Morgan fingerprint density at radius 2 is 2.10 bits per heavy atom. The van der Waals surface area contributed by atoms with Crippen molar-refractivity contribution < 1.29 is 14.0 Å². The van der Waals surface area contributed by atoms with Gasteiger partial charge in [-0.3, -0.25) is 14.5 Å². The zero-order chi connectivity index (χ0) is 14.3. The Morgan fingerprint density at radius 3 is 2.85 bits per heavy atom. The first-order valence-electron chi connectivity index (χ1n) is 6.27. The summed E-state index contributed by atoms with van der Waals surface area (Å²) >= 11 is 0. The van der Waals surface area contributed by atoms with Crippen LogP contribution in [0.25, 0.3) is 0 Å². The number of benzene rings is 1. The molecule has 20 heavy (non-hydrogen) atoms. The average molecular weight is 273 g/mol. The molecule has 2 heterocycles. The second-order valence-electron chi connectivity index (χ2n) is 4.53. The van der Waals surface area contributed by atoms with E-state index in [1.165, 1.54) is 23.1 Å². The molecule has 6 heteroatoms. The first-order valence-corrected chi connectivity index (χ1v) is 6.27. The molecule has 1 amide bonds. The third-order valence-electron chi connectivity index (χ3n) is 3.40. The van der Waals surface area contributed by atoms with E-state index in [-0.39, 0.29) is 17.8 Å². The summed E-state index contributed by atoms with van der Waals surface area (Å²) < 4.78 is 15.8. The molecule has 5 nitrogen and oxygen atoms in total. The number of imidazole rings is 1. The van der Waals surface area contributed by atoms with Gasteiger partial charge in [-0.1, -0.05) is 6.07 Å². The van der Waals surface area contributed by atoms with Crippen LogP contribution in [0.3, 0.4) is 0 Å². The van der Waals surface area contributed by atoms with E-state index < -0.39 is 17.5 Å². The number of aryl methyl sites for hydroxylation is 1. The van der Waals surface area contributed by atoms with Crippen molar-refractivity contribution in [3.05, 3.63) is 47.8 Å². The molecule has 0 fully saturated rings. The van der Waals surface area contributed by atoms with Crippen molar-refractivity contribution in [3.63, 3.8) is 0 Å². The topological polar surface area (TPSA) is 55.2 Å². The second-order valence-corrected chi connectivity index (χ2v) is 4.53. The monoisotopic (exact) mass is 273 g/mol. The summed E-state index contributed by atoms with van der Waals surface area (Å²) in [5.74, 6) is -1.93. The molecule has 1 aromatic heterocycles. The minimum absolute atomic E-state index is 0.0614. The van der Waals surface area contributed by atoms with Gasteiger partial charge in [0.25, 0.3) is 11.7 Å². The number of hydrogen-bond acceptors (Lipinski definition) is 3. The van der Waals surface area contributed by atoms with Gasteiger partial charge in [0.2, 0.25) is 0 Å². The first-order chi connectivity index (χ1) is 9.63. The normalized spacial score (nSPS) is 14.0. The van der Waals surface area contributed by atoms with Gasteiger partial charge in [0.15, 0.2) is 0 Å². The van der Waals surface area contributed by atoms with Crippen molar-refractivity contribution in [3.8, 4) is 0 Å². The van der Waals surface area contributed by atoms with Gasteiger partial charge in [0, 0.05) is 12.7 Å². The molecular formula is C14H12FN3O2. The van der Waals surface area contributed by atoms with Crippen molar-refractivity contribution in [1.29, 1.82) is 0 Å². The Bertz CT molecular complexity index is 708. The van der Waals surface area contributed by atoms with Gasteiger partial charge in [-0.2, -0.15) is 0 Å². The molecule has 0 N–H and O–H groups in total. The van der Waals surface area contributed by atoms with Crippen molar-refractivity contribution >= 4 is 17.4 Å². The van der Waals surface area contributed by atoms with Gasteiger partial charge < -0.3 is 4.57 Å². The summed E-state index contributed by atoms with van der Waals surface area (Å²) in [5.41, 5.74) is 0.939. The van der Waals surface area contributed by atoms with Gasteiger partial charge >= 0.3 is 0 Å². The molecule has 3 rings (SSSR count). The number of nitrogens with zero attached hydrogens (tertiary/aromatic N) is 3. The number of halogens is 1. The standard InChI is InChI=1S/C14H12FN3O2/c1-2-17-8-16-6-9(17)7-18-12-10(13(19)14(18)20)4-3-5-11(12)15/h3-6,8H,2,7H2,1H3. The van der Waals surface area contributed by atoms with E-state index >= 15 is 0 Å². The van der Waals surface area contributed by atoms with E-state index in [9.17, 15) is 14.0 Å². The van der Waals surface area contributed by atoms with Crippen LogP contribution in [-0.2, 0) is 17.9 Å². The molecule has 0 saturated carbocycles. The molecule has 0 saturated heterocycles. The predicted molar refractivity (Wildman–Crippen MR) is 69.8 cm³/mol. The zero-order valence-corrected chi connectivity index (χ0v) is 10.8. The van der Waals surface area contributed by atoms with Gasteiger partial charge in [0.05, 0.1) is 29.8 Å². The molecule has 1 aliphatic rings. The van der Waals surface area contributed by atoms with E-state index in [1.807, 2.05) is 11.5 Å². The fourth-order valence-corrected chi connectivity index (χ4v) is 2.39. The fraction of sp³-hybridized carbons (Fsp3) is 0.214. The molecular weight excluding hydrogens is 261 g/mol. The van der Waals surface area contributed by atoms with Crippen LogP contribution in [0.5, 0.6) is 0 Å². The van der Waals surface area contributed by atoms with Gasteiger partial charge in [-0.25, -0.2) is 9.37 Å². The lowest BCUT2D eigenvalue weighted by Crippen LogP contribution is -2.30. The number of anilines is 1. The van der Waals surface area contributed by atoms with Crippen LogP contribution in [0, 0.1) is 5.82 Å². The molecule has 1 aliphatic heterocycles. The van der Waals surface area contributed by atoms with Crippen molar-refractivity contribution in [2.24, 2.45) is 0 Å². The Labute approximate surface area is 114 Å². The first kappa shape index (κ1) is 12.5. The molecule has 0 unspecified atom stereocenters. The third-order valence-corrected chi connectivity index (χ3v) is 3.40. The van der Waals surface area contributed by atoms with Crippen LogP contribution in [0.2, 0.25) is 0 Å². The Hall–Kier alpha value is -2.50. The maximum atomic E-state index is 13.9. The highest BCUT2D eigenvalue weighted by Crippen LogP contribution is 2.32. The number of Topliss-reactive ketones (excluding diaryl/α,β-unsaturated/α-hetero) is 1. The maximum absolute atomic E-state index is 13.9. The average Bonchev–Trinajstić information content (AvgIpc) is 2.99. The number of amides is 1. The Morgan fingerprint density at radius 1 is 1.30 bits per heavy atom. The van der Waals surface area contributed by atoms with E-state index in [0.29, 0.717) is 6.54 Å². The molecule has 0 aliphatic carbocycles. The maximum Gasteiger partial charge on any atom is 0.299 e. The zero-order valence-electron chi connectivity index (χ0n) is 10.8. The number of rotatable bonds is 3. The number of ketones is 1. The largest absolute Gasteiger partial charge is 0.333 e. The quantitative estimate of drug-likeness (QED) is 0.801. The summed E-state index contributed by atoms with van der Waals surface area (Å²) in [6, 6.07) is 4.14. The SMILES string of the molecule is CCn1cncc1CN1C(=O)C(=O)c2cccc(F)c21. The summed E-state index contributed by atoms with van der Waals surface area (Å²) in [6.07, 6.45) is 3.25. The number of fused-ring (bicyclic) bond motifs is 1. The van der Waals surface area contributed by atoms with E-state index in [2.05, 4.69) is 4.98 Å². The number of aromatic nitrogens is 2. The fourth-order valence-electron chi connectivity index (χ4n) is 2.39. The highest BCUT2D eigenvalue weighted by atomic mass is 19.1. The van der Waals surface area contributed by atoms with Crippen molar-refractivity contribution in [2.45, 2.75) is 20.0 Å². The summed E-state index contributed by atoms with van der Waals surface area (Å²) in [6.45, 7) is 2.76. The van der Waals surface area contributed by atoms with Crippen LogP contribution in [0.1, 0.15) is 23.0 Å². The van der Waals surface area contributed by atoms with Gasteiger partial charge in [-0.05, 0) is 19.1 Å². The number of carbonyl (C=O) groups is 2. The van der Waals surface area contributed by atoms with Crippen molar-refractivity contribution in [1.82, 2.24) is 9.55 Å². The Balaban J connectivity index is 2.03. The number of carbonyl (C=O) groups excluding carboxylic acids is 2. The minimum atomic E-state index is -0.700. The summed E-state index contributed by atoms with van der Waals surface area (Å²) in [5, 5.41) is 0. The molecule has 0 bridgehead atoms. The van der Waals surface area contributed by atoms with Crippen LogP contribution in [0.15, 0.2) is 30.7 Å².